The summed E-state index contributed by atoms with van der Waals surface area (Å²) in [5, 5.41) is 10.8. The molecule has 1 N–H and O–H groups in total. The number of phenols is 1. The van der Waals surface area contributed by atoms with Crippen molar-refractivity contribution in [3.63, 3.8) is 0 Å². The largest absolute Gasteiger partial charge is 0.508 e. The van der Waals surface area contributed by atoms with Crippen LogP contribution in [0.25, 0.3) is 0 Å². The average Bonchev–Trinajstić information content (AvgIpc) is 2.57. The van der Waals surface area contributed by atoms with E-state index in [2.05, 4.69) is 20.8 Å². The Morgan fingerprint density at radius 3 is 2.67 bits per heavy atom. The Morgan fingerprint density at radius 1 is 1.22 bits per heavy atom. The van der Waals surface area contributed by atoms with Gasteiger partial charge in [-0.15, -0.1) is 0 Å². The van der Waals surface area contributed by atoms with Gasteiger partial charge in [-0.2, -0.15) is 8.78 Å². The molecular formula is C23H32F2O2. The fraction of sp³-hybridized carbons (Fsp3) is 0.652. The molecule has 2 aliphatic rings. The fourth-order valence-corrected chi connectivity index (χ4v) is 4.56. The van der Waals surface area contributed by atoms with E-state index in [4.69, 9.17) is 4.74 Å². The molecule has 4 heteroatoms. The van der Waals surface area contributed by atoms with Crippen LogP contribution in [0.3, 0.4) is 0 Å². The number of hydrogen-bond donors (Lipinski definition) is 1. The van der Waals surface area contributed by atoms with Gasteiger partial charge >= 0.3 is 6.11 Å². The number of phenolic OH excluding ortho intramolecular Hbond substituents is 1. The average molecular weight is 379 g/mol. The van der Waals surface area contributed by atoms with Gasteiger partial charge in [-0.1, -0.05) is 58.1 Å². The van der Waals surface area contributed by atoms with Crippen LogP contribution in [0.5, 0.6) is 11.5 Å². The number of rotatable bonds is 6. The van der Waals surface area contributed by atoms with Gasteiger partial charge in [0.1, 0.15) is 11.5 Å². The molecule has 0 saturated heterocycles. The van der Waals surface area contributed by atoms with Gasteiger partial charge in [0.2, 0.25) is 0 Å². The molecule has 2 nitrogen and oxygen atoms in total. The molecule has 3 rings (SSSR count). The number of halogens is 2. The van der Waals surface area contributed by atoms with E-state index in [1.165, 1.54) is 19.3 Å². The molecule has 0 aromatic heterocycles. The number of allylic oxidation sites excluding steroid dienone is 2. The van der Waals surface area contributed by atoms with E-state index in [0.717, 1.165) is 24.0 Å². The zero-order chi connectivity index (χ0) is 19.8. The number of unbranched alkanes of at least 4 members (excludes halogenated alkanes) is 3. The first-order valence-electron chi connectivity index (χ1n) is 10.3. The van der Waals surface area contributed by atoms with Crippen LogP contribution in [0.15, 0.2) is 23.8 Å². The van der Waals surface area contributed by atoms with Crippen LogP contribution >= 0.6 is 0 Å². The molecule has 1 aromatic rings. The summed E-state index contributed by atoms with van der Waals surface area (Å²) in [7, 11) is 0. The molecular weight excluding hydrogens is 346 g/mol. The van der Waals surface area contributed by atoms with Crippen molar-refractivity contribution in [3.8, 4) is 11.5 Å². The standard InChI is InChI=1S/C23H32F2O2/c1-5-6-7-8-11-22(3,4)16-13-19(26)21-17-12-15(2)9-10-18(17)23(24,25)27-20(21)14-16/h9,13-14,17-18,26H,5-8,10-12H2,1-4H3. The van der Waals surface area contributed by atoms with Crippen molar-refractivity contribution in [2.75, 3.05) is 0 Å². The predicted octanol–water partition coefficient (Wildman–Crippen LogP) is 7.07. The van der Waals surface area contributed by atoms with Crippen LogP contribution in [0.4, 0.5) is 8.78 Å². The van der Waals surface area contributed by atoms with Crippen molar-refractivity contribution in [2.45, 2.75) is 90.1 Å². The van der Waals surface area contributed by atoms with Crippen molar-refractivity contribution < 1.29 is 18.6 Å². The molecule has 2 unspecified atom stereocenters. The lowest BCUT2D eigenvalue weighted by atomic mass is 9.72. The highest BCUT2D eigenvalue weighted by Crippen LogP contribution is 2.55. The summed E-state index contributed by atoms with van der Waals surface area (Å²) in [4.78, 5) is 0. The first-order valence-corrected chi connectivity index (χ1v) is 10.3. The molecule has 0 bridgehead atoms. The van der Waals surface area contributed by atoms with Gasteiger partial charge in [0.05, 0.1) is 5.92 Å². The molecule has 150 valence electrons. The summed E-state index contributed by atoms with van der Waals surface area (Å²) in [6.45, 7) is 8.36. The van der Waals surface area contributed by atoms with Crippen molar-refractivity contribution in [1.29, 1.82) is 0 Å². The molecule has 1 aliphatic carbocycles. The maximum atomic E-state index is 14.7. The third-order valence-electron chi connectivity index (χ3n) is 6.35. The van der Waals surface area contributed by atoms with Crippen LogP contribution < -0.4 is 4.74 Å². The summed E-state index contributed by atoms with van der Waals surface area (Å²) >= 11 is 0. The summed E-state index contributed by atoms with van der Waals surface area (Å²) < 4.78 is 34.5. The smallest absolute Gasteiger partial charge is 0.401 e. The van der Waals surface area contributed by atoms with Crippen molar-refractivity contribution in [3.05, 3.63) is 34.9 Å². The highest BCUT2D eigenvalue weighted by Gasteiger charge is 2.53. The van der Waals surface area contributed by atoms with E-state index in [1.54, 1.807) is 12.1 Å². The lowest BCUT2D eigenvalue weighted by Crippen LogP contribution is -2.43. The lowest BCUT2D eigenvalue weighted by molar-refractivity contribution is -0.230. The number of alkyl halides is 2. The van der Waals surface area contributed by atoms with Gasteiger partial charge in [0.15, 0.2) is 0 Å². The number of benzene rings is 1. The molecule has 1 heterocycles. The monoisotopic (exact) mass is 378 g/mol. The normalized spacial score (nSPS) is 23.9. The van der Waals surface area contributed by atoms with E-state index in [-0.39, 0.29) is 23.3 Å². The Balaban J connectivity index is 1.93. The van der Waals surface area contributed by atoms with Crippen LogP contribution in [0, 0.1) is 5.92 Å². The van der Waals surface area contributed by atoms with Crippen molar-refractivity contribution >= 4 is 0 Å². The molecule has 0 fully saturated rings. The minimum absolute atomic E-state index is 0.101. The lowest BCUT2D eigenvalue weighted by Gasteiger charge is -2.41. The van der Waals surface area contributed by atoms with Crippen LogP contribution in [-0.2, 0) is 5.41 Å². The minimum Gasteiger partial charge on any atom is -0.508 e. The third-order valence-corrected chi connectivity index (χ3v) is 6.35. The molecule has 0 amide bonds. The molecule has 0 saturated carbocycles. The Morgan fingerprint density at radius 2 is 1.96 bits per heavy atom. The second-order valence-corrected chi connectivity index (χ2v) is 8.97. The molecule has 0 radical (unpaired) electrons. The first kappa shape index (κ1) is 20.2. The Bertz CT molecular complexity index is 721. The Kier molecular flexibility index (Phi) is 5.56. The Labute approximate surface area is 161 Å². The first-order chi connectivity index (χ1) is 12.7. The second-order valence-electron chi connectivity index (χ2n) is 8.97. The number of fused-ring (bicyclic) bond motifs is 3. The van der Waals surface area contributed by atoms with E-state index < -0.39 is 17.9 Å². The predicted molar refractivity (Wildman–Crippen MR) is 105 cm³/mol. The number of aromatic hydroxyl groups is 1. The molecule has 27 heavy (non-hydrogen) atoms. The van der Waals surface area contributed by atoms with Gasteiger partial charge < -0.3 is 9.84 Å². The topological polar surface area (TPSA) is 29.5 Å². The van der Waals surface area contributed by atoms with Crippen LogP contribution in [-0.4, -0.2) is 11.2 Å². The third kappa shape index (κ3) is 4.00. The zero-order valence-electron chi connectivity index (χ0n) is 16.9. The molecule has 1 aliphatic heterocycles. The van der Waals surface area contributed by atoms with Crippen LogP contribution in [0.2, 0.25) is 0 Å². The summed E-state index contributed by atoms with van der Waals surface area (Å²) in [5.74, 6) is -1.04. The van der Waals surface area contributed by atoms with Gasteiger partial charge in [0.25, 0.3) is 0 Å². The van der Waals surface area contributed by atoms with Gasteiger partial charge in [-0.25, -0.2) is 0 Å². The molecule has 2 atom stereocenters. The maximum Gasteiger partial charge on any atom is 0.401 e. The van der Waals surface area contributed by atoms with Gasteiger partial charge in [0, 0.05) is 11.5 Å². The quantitative estimate of drug-likeness (QED) is 0.424. The van der Waals surface area contributed by atoms with E-state index >= 15 is 0 Å². The summed E-state index contributed by atoms with van der Waals surface area (Å²) in [6.07, 6.45) is 5.09. The van der Waals surface area contributed by atoms with Gasteiger partial charge in [-0.3, -0.25) is 0 Å². The van der Waals surface area contributed by atoms with E-state index in [1.807, 2.05) is 13.0 Å². The van der Waals surface area contributed by atoms with E-state index in [0.29, 0.717) is 12.0 Å². The zero-order valence-corrected chi connectivity index (χ0v) is 16.9. The highest BCUT2D eigenvalue weighted by molar-refractivity contribution is 5.53. The summed E-state index contributed by atoms with van der Waals surface area (Å²) in [5.41, 5.74) is 2.33. The maximum absolute atomic E-state index is 14.7. The van der Waals surface area contributed by atoms with Crippen LogP contribution in [0.1, 0.15) is 89.7 Å². The molecule has 0 spiro atoms. The van der Waals surface area contributed by atoms with Gasteiger partial charge in [-0.05, 0) is 49.3 Å². The molecule has 1 aromatic carbocycles. The second kappa shape index (κ2) is 7.44. The fourth-order valence-electron chi connectivity index (χ4n) is 4.56. The number of ether oxygens (including phenoxy) is 1. The highest BCUT2D eigenvalue weighted by atomic mass is 19.3. The summed E-state index contributed by atoms with van der Waals surface area (Å²) in [6, 6.07) is 3.52. The van der Waals surface area contributed by atoms with Crippen molar-refractivity contribution in [1.82, 2.24) is 0 Å². The Hall–Kier alpha value is -1.58. The SMILES string of the molecule is CCCCCCC(C)(C)c1cc(O)c2c(c1)OC(F)(F)C1CC=C(C)CC21. The van der Waals surface area contributed by atoms with E-state index in [9.17, 15) is 13.9 Å². The minimum atomic E-state index is -3.20. The number of hydrogen-bond acceptors (Lipinski definition) is 2. The van der Waals surface area contributed by atoms with Crippen molar-refractivity contribution in [2.24, 2.45) is 5.92 Å².